The first kappa shape index (κ1) is 29.8. The predicted octanol–water partition coefficient (Wildman–Crippen LogP) is 14.6. The minimum atomic E-state index is 0.845. The molecular formula is C50H27N3S2. The van der Waals surface area contributed by atoms with E-state index in [1.165, 1.54) is 78.7 Å². The predicted molar refractivity (Wildman–Crippen MR) is 238 cm³/mol. The lowest BCUT2D eigenvalue weighted by atomic mass is 9.91. The first-order valence-electron chi connectivity index (χ1n) is 18.6. The fraction of sp³-hybridized carbons (Fsp3) is 0. The molecule has 0 atom stereocenters. The van der Waals surface area contributed by atoms with Gasteiger partial charge in [-0.25, -0.2) is 9.97 Å². The molecule has 0 spiro atoms. The number of rotatable bonds is 2. The molecule has 5 heteroatoms. The van der Waals surface area contributed by atoms with Gasteiger partial charge in [-0.3, -0.25) is 4.57 Å². The second-order valence-corrected chi connectivity index (χ2v) is 16.6. The highest BCUT2D eigenvalue weighted by Gasteiger charge is 2.25. The fourth-order valence-electron chi connectivity index (χ4n) is 9.22. The lowest BCUT2D eigenvalue weighted by Crippen LogP contribution is -2.03. The van der Waals surface area contributed by atoms with Gasteiger partial charge in [0.05, 0.1) is 11.0 Å². The lowest BCUT2D eigenvalue weighted by molar-refractivity contribution is 1.09. The average molecular weight is 734 g/mol. The highest BCUT2D eigenvalue weighted by atomic mass is 32.1. The summed E-state index contributed by atoms with van der Waals surface area (Å²) in [5.74, 6) is 0.845. The lowest BCUT2D eigenvalue weighted by Gasteiger charge is -2.15. The Bertz CT molecular complexity index is 3760. The number of benzene rings is 9. The SMILES string of the molecule is c1ccc2c(c1)ccc1c3c4c5ccccc5c5ccccc5c4ccc3n(-c3nc4c(nc3-c3ccc5c(c3)sc3ccccc35)sc3ccccc34)c21. The third-order valence-electron chi connectivity index (χ3n) is 11.6. The maximum atomic E-state index is 5.72. The van der Waals surface area contributed by atoms with E-state index in [1.807, 2.05) is 11.3 Å². The third kappa shape index (κ3) is 4.03. The number of hydrogen-bond acceptors (Lipinski definition) is 4. The highest BCUT2D eigenvalue weighted by molar-refractivity contribution is 7.26. The molecule has 3 nitrogen and oxygen atoms in total. The van der Waals surface area contributed by atoms with Crippen LogP contribution in [0.3, 0.4) is 0 Å². The van der Waals surface area contributed by atoms with Gasteiger partial charge in [0, 0.05) is 57.4 Å². The number of thiophene rings is 2. The second-order valence-electron chi connectivity index (χ2n) is 14.4. The summed E-state index contributed by atoms with van der Waals surface area (Å²) in [6.45, 7) is 0. The van der Waals surface area contributed by atoms with Crippen LogP contribution in [-0.2, 0) is 0 Å². The molecule has 0 unspecified atom stereocenters. The van der Waals surface area contributed by atoms with Crippen LogP contribution in [0.4, 0.5) is 0 Å². The van der Waals surface area contributed by atoms with Crippen LogP contribution in [0.5, 0.6) is 0 Å². The quantitative estimate of drug-likeness (QED) is 0.166. The molecule has 4 aromatic heterocycles. The van der Waals surface area contributed by atoms with Crippen LogP contribution in [0.25, 0.3) is 123 Å². The third-order valence-corrected chi connectivity index (χ3v) is 13.8. The van der Waals surface area contributed by atoms with Crippen LogP contribution < -0.4 is 0 Å². The van der Waals surface area contributed by atoms with E-state index in [4.69, 9.17) is 9.97 Å². The maximum Gasteiger partial charge on any atom is 0.165 e. The molecule has 0 saturated heterocycles. The second kappa shape index (κ2) is 11.0. The fourth-order valence-corrected chi connectivity index (χ4v) is 11.4. The van der Waals surface area contributed by atoms with E-state index in [0.29, 0.717) is 0 Å². The zero-order valence-electron chi connectivity index (χ0n) is 29.2. The Kier molecular flexibility index (Phi) is 5.93. The van der Waals surface area contributed by atoms with Crippen LogP contribution in [0, 0.1) is 0 Å². The number of hydrogen-bond donors (Lipinski definition) is 0. The Balaban J connectivity index is 1.25. The summed E-state index contributed by atoms with van der Waals surface area (Å²) < 4.78 is 6.17. The summed E-state index contributed by atoms with van der Waals surface area (Å²) in [6.07, 6.45) is 0. The zero-order valence-corrected chi connectivity index (χ0v) is 30.9. The van der Waals surface area contributed by atoms with Gasteiger partial charge in [-0.1, -0.05) is 140 Å². The van der Waals surface area contributed by atoms with Crippen molar-refractivity contribution < 1.29 is 0 Å². The van der Waals surface area contributed by atoms with Crippen molar-refractivity contribution in [2.45, 2.75) is 0 Å². The van der Waals surface area contributed by atoms with Crippen molar-refractivity contribution in [2.75, 3.05) is 0 Å². The molecule has 0 radical (unpaired) electrons. The topological polar surface area (TPSA) is 30.7 Å². The Hall–Kier alpha value is -6.66. The molecule has 0 aliphatic rings. The Labute approximate surface area is 322 Å². The molecule has 0 N–H and O–H groups in total. The van der Waals surface area contributed by atoms with Crippen molar-refractivity contribution in [1.29, 1.82) is 0 Å². The molecule has 0 aliphatic carbocycles. The standard InChI is InChI=1S/C50H27N3S2/c1-2-12-30-28(11-1)21-24-39-45-40(26-25-37-33-15-4-3-13-31(33)32-14-5-6-17-36(32)44(37)45)53(48(30)39)49-46(52-50-47(51-49)38-18-8-10-20-42(38)55-50)29-22-23-35-34-16-7-9-19-41(34)54-43(35)27-29/h1-27H. The maximum absolute atomic E-state index is 5.72. The largest absolute Gasteiger partial charge is 0.291 e. The van der Waals surface area contributed by atoms with Crippen LogP contribution in [0.15, 0.2) is 164 Å². The molecule has 4 heterocycles. The first-order chi connectivity index (χ1) is 27.3. The van der Waals surface area contributed by atoms with Gasteiger partial charge in [-0.05, 0) is 56.6 Å². The van der Waals surface area contributed by atoms with Gasteiger partial charge in [0.25, 0.3) is 0 Å². The molecule has 9 aromatic carbocycles. The van der Waals surface area contributed by atoms with Gasteiger partial charge < -0.3 is 0 Å². The van der Waals surface area contributed by atoms with Crippen LogP contribution in [0.1, 0.15) is 0 Å². The van der Waals surface area contributed by atoms with E-state index in [9.17, 15) is 0 Å². The normalized spacial score (nSPS) is 12.4. The van der Waals surface area contributed by atoms with E-state index in [-0.39, 0.29) is 0 Å². The summed E-state index contributed by atoms with van der Waals surface area (Å²) in [6, 6.07) is 59.9. The van der Waals surface area contributed by atoms with Gasteiger partial charge >= 0.3 is 0 Å². The Morgan fingerprint density at radius 3 is 1.78 bits per heavy atom. The summed E-state index contributed by atoms with van der Waals surface area (Å²) in [4.78, 5) is 12.3. The van der Waals surface area contributed by atoms with E-state index in [1.54, 1.807) is 11.3 Å². The molecule has 0 amide bonds. The van der Waals surface area contributed by atoms with Crippen LogP contribution in [0.2, 0.25) is 0 Å². The molecule has 13 rings (SSSR count). The first-order valence-corrected chi connectivity index (χ1v) is 20.2. The molecule has 0 aliphatic heterocycles. The monoisotopic (exact) mass is 733 g/mol. The van der Waals surface area contributed by atoms with E-state index < -0.39 is 0 Å². The smallest absolute Gasteiger partial charge is 0.165 e. The Morgan fingerprint density at radius 1 is 0.400 bits per heavy atom. The van der Waals surface area contributed by atoms with Crippen molar-refractivity contribution >= 4 is 128 Å². The van der Waals surface area contributed by atoms with Crippen molar-refractivity contribution in [3.63, 3.8) is 0 Å². The van der Waals surface area contributed by atoms with Gasteiger partial charge in [-0.2, -0.15) is 0 Å². The summed E-state index contributed by atoms with van der Waals surface area (Å²) in [5.41, 5.74) is 5.16. The molecular weight excluding hydrogens is 707 g/mol. The molecule has 13 aromatic rings. The van der Waals surface area contributed by atoms with Crippen LogP contribution >= 0.6 is 22.7 Å². The number of aromatic nitrogens is 3. The van der Waals surface area contributed by atoms with E-state index in [2.05, 4.69) is 168 Å². The molecule has 0 fully saturated rings. The summed E-state index contributed by atoms with van der Waals surface area (Å²) >= 11 is 3.56. The van der Waals surface area contributed by atoms with Gasteiger partial charge in [0.2, 0.25) is 0 Å². The molecule has 55 heavy (non-hydrogen) atoms. The van der Waals surface area contributed by atoms with Gasteiger partial charge in [-0.15, -0.1) is 22.7 Å². The van der Waals surface area contributed by atoms with Crippen molar-refractivity contribution in [1.82, 2.24) is 14.5 Å². The van der Waals surface area contributed by atoms with Gasteiger partial charge in [0.1, 0.15) is 16.0 Å². The van der Waals surface area contributed by atoms with Crippen molar-refractivity contribution in [3.8, 4) is 17.1 Å². The number of nitrogens with zero attached hydrogens (tertiary/aromatic N) is 3. The molecule has 254 valence electrons. The van der Waals surface area contributed by atoms with Crippen molar-refractivity contribution in [2.24, 2.45) is 0 Å². The highest BCUT2D eigenvalue weighted by Crippen LogP contribution is 2.47. The minimum Gasteiger partial charge on any atom is -0.291 e. The molecule has 0 saturated carbocycles. The number of fused-ring (bicyclic) bond motifs is 18. The van der Waals surface area contributed by atoms with Gasteiger partial charge in [0.15, 0.2) is 5.82 Å². The minimum absolute atomic E-state index is 0.845. The van der Waals surface area contributed by atoms with E-state index in [0.717, 1.165) is 43.8 Å². The molecule has 0 bridgehead atoms. The van der Waals surface area contributed by atoms with Crippen molar-refractivity contribution in [3.05, 3.63) is 164 Å². The summed E-state index contributed by atoms with van der Waals surface area (Å²) in [7, 11) is 0. The van der Waals surface area contributed by atoms with Crippen LogP contribution in [-0.4, -0.2) is 14.5 Å². The Morgan fingerprint density at radius 2 is 0.982 bits per heavy atom. The average Bonchev–Trinajstić information content (AvgIpc) is 3.92. The zero-order chi connectivity index (χ0) is 35.8. The summed E-state index contributed by atoms with van der Waals surface area (Å²) in [5, 5.41) is 16.1. The van der Waals surface area contributed by atoms with E-state index >= 15 is 0 Å².